The molecule has 0 radical (unpaired) electrons. The molecule has 0 aromatic carbocycles. The van der Waals surface area contributed by atoms with Gasteiger partial charge in [0.2, 0.25) is 5.91 Å². The van der Waals surface area contributed by atoms with Crippen LogP contribution >= 0.6 is 11.8 Å². The average molecular weight is 203 g/mol. The van der Waals surface area contributed by atoms with Gasteiger partial charge in [0.15, 0.2) is 0 Å². The first-order valence-corrected chi connectivity index (χ1v) is 5.78. The highest BCUT2D eigenvalue weighted by Crippen LogP contribution is 2.32. The van der Waals surface area contributed by atoms with Gasteiger partial charge in [0.1, 0.15) is 0 Å². The molecule has 1 heterocycles. The Morgan fingerprint density at radius 2 is 2.15 bits per heavy atom. The Labute approximate surface area is 83.6 Å². The van der Waals surface area contributed by atoms with Crippen LogP contribution in [0.5, 0.6) is 0 Å². The lowest BCUT2D eigenvalue weighted by molar-refractivity contribution is -0.119. The van der Waals surface area contributed by atoms with Gasteiger partial charge in [-0.2, -0.15) is 11.8 Å². The molecule has 1 rings (SSSR count). The van der Waals surface area contributed by atoms with E-state index in [2.05, 4.69) is 11.6 Å². The van der Waals surface area contributed by atoms with E-state index in [1.54, 1.807) is 6.92 Å². The summed E-state index contributed by atoms with van der Waals surface area (Å²) in [5.41, 5.74) is 0. The number of amides is 1. The second-order valence-corrected chi connectivity index (χ2v) is 4.68. The molecule has 0 aromatic rings. The van der Waals surface area contributed by atoms with Crippen LogP contribution in [0.2, 0.25) is 0 Å². The summed E-state index contributed by atoms with van der Waals surface area (Å²) in [5, 5.41) is 2.89. The molecule has 1 fully saturated rings. The normalized spacial score (nSPS) is 21.1. The Morgan fingerprint density at radius 3 is 2.62 bits per heavy atom. The second-order valence-electron chi connectivity index (χ2n) is 3.41. The molecular formula is C9H17NO2S. The minimum Gasteiger partial charge on any atom is -0.381 e. The van der Waals surface area contributed by atoms with Crippen LogP contribution in [0.3, 0.4) is 0 Å². The van der Waals surface area contributed by atoms with E-state index in [0.717, 1.165) is 32.6 Å². The van der Waals surface area contributed by atoms with E-state index in [1.807, 2.05) is 11.8 Å². The quantitative estimate of drug-likeness (QED) is 0.744. The molecule has 76 valence electrons. The van der Waals surface area contributed by atoms with Crippen molar-refractivity contribution in [3.8, 4) is 0 Å². The molecule has 1 amide bonds. The molecule has 3 nitrogen and oxygen atoms in total. The van der Waals surface area contributed by atoms with Crippen LogP contribution in [0.4, 0.5) is 0 Å². The topological polar surface area (TPSA) is 38.3 Å². The van der Waals surface area contributed by atoms with E-state index < -0.39 is 0 Å². The Bertz CT molecular complexity index is 178. The van der Waals surface area contributed by atoms with Gasteiger partial charge in [-0.25, -0.2) is 0 Å². The van der Waals surface area contributed by atoms with Crippen molar-refractivity contribution >= 4 is 17.7 Å². The van der Waals surface area contributed by atoms with Gasteiger partial charge in [0.05, 0.1) is 0 Å². The van der Waals surface area contributed by atoms with Crippen LogP contribution in [0.25, 0.3) is 0 Å². The molecule has 0 unspecified atom stereocenters. The summed E-state index contributed by atoms with van der Waals surface area (Å²) >= 11 is 1.84. The van der Waals surface area contributed by atoms with E-state index in [0.29, 0.717) is 0 Å². The number of carbonyl (C=O) groups excluding carboxylic acids is 1. The fourth-order valence-electron chi connectivity index (χ4n) is 1.48. The number of hydrogen-bond donors (Lipinski definition) is 1. The fraction of sp³-hybridized carbons (Fsp3) is 0.889. The molecule has 1 N–H and O–H groups in total. The van der Waals surface area contributed by atoms with Gasteiger partial charge in [-0.1, -0.05) is 0 Å². The molecule has 1 aliphatic heterocycles. The largest absolute Gasteiger partial charge is 0.381 e. The minimum absolute atomic E-state index is 0.0555. The minimum atomic E-state index is 0.0555. The molecule has 1 saturated heterocycles. The van der Waals surface area contributed by atoms with Crippen molar-refractivity contribution in [1.82, 2.24) is 5.32 Å². The summed E-state index contributed by atoms with van der Waals surface area (Å²) in [6, 6.07) is 0. The van der Waals surface area contributed by atoms with Crippen LogP contribution in [0, 0.1) is 0 Å². The van der Waals surface area contributed by atoms with E-state index in [1.165, 1.54) is 0 Å². The zero-order chi connectivity index (χ0) is 9.73. The van der Waals surface area contributed by atoms with Gasteiger partial charge in [0, 0.05) is 31.4 Å². The molecule has 0 atom stereocenters. The maximum absolute atomic E-state index is 10.8. The molecule has 0 spiro atoms. The van der Waals surface area contributed by atoms with Crippen molar-refractivity contribution in [3.63, 3.8) is 0 Å². The summed E-state index contributed by atoms with van der Waals surface area (Å²) < 4.78 is 5.52. The van der Waals surface area contributed by atoms with E-state index >= 15 is 0 Å². The van der Waals surface area contributed by atoms with Crippen molar-refractivity contribution in [2.75, 3.05) is 26.0 Å². The Balaban J connectivity index is 2.42. The molecule has 13 heavy (non-hydrogen) atoms. The number of thioether (sulfide) groups is 1. The Morgan fingerprint density at radius 1 is 1.54 bits per heavy atom. The van der Waals surface area contributed by atoms with Crippen LogP contribution in [0.1, 0.15) is 19.8 Å². The highest BCUT2D eigenvalue weighted by Gasteiger charge is 2.31. The summed E-state index contributed by atoms with van der Waals surface area (Å²) in [5.74, 6) is 0.0555. The number of carbonyl (C=O) groups is 1. The first kappa shape index (κ1) is 10.9. The highest BCUT2D eigenvalue weighted by atomic mass is 32.2. The third-order valence-corrected chi connectivity index (χ3v) is 3.92. The lowest BCUT2D eigenvalue weighted by atomic mass is 9.99. The molecule has 0 aromatic heterocycles. The Hall–Kier alpha value is -0.220. The van der Waals surface area contributed by atoms with E-state index in [-0.39, 0.29) is 10.7 Å². The lowest BCUT2D eigenvalue weighted by Crippen LogP contribution is -2.43. The predicted octanol–water partition coefficient (Wildman–Crippen LogP) is 1.03. The molecule has 4 heteroatoms. The average Bonchev–Trinajstić information content (AvgIpc) is 2.16. The fourth-order valence-corrected chi connectivity index (χ4v) is 2.27. The van der Waals surface area contributed by atoms with Gasteiger partial charge in [-0.15, -0.1) is 0 Å². The third-order valence-electron chi connectivity index (χ3n) is 2.50. The monoisotopic (exact) mass is 203 g/mol. The van der Waals surface area contributed by atoms with Gasteiger partial charge < -0.3 is 10.1 Å². The van der Waals surface area contributed by atoms with Gasteiger partial charge in [0.25, 0.3) is 0 Å². The van der Waals surface area contributed by atoms with Gasteiger partial charge in [-0.3, -0.25) is 4.79 Å². The number of ether oxygens (including phenoxy) is 1. The maximum Gasteiger partial charge on any atom is 0.216 e. The number of rotatable bonds is 3. The molecule has 0 saturated carbocycles. The summed E-state index contributed by atoms with van der Waals surface area (Å²) in [6.07, 6.45) is 4.18. The van der Waals surface area contributed by atoms with Crippen molar-refractivity contribution in [3.05, 3.63) is 0 Å². The smallest absolute Gasteiger partial charge is 0.216 e. The van der Waals surface area contributed by atoms with Crippen molar-refractivity contribution in [2.24, 2.45) is 0 Å². The number of nitrogens with one attached hydrogen (secondary N) is 1. The van der Waals surface area contributed by atoms with Crippen LogP contribution < -0.4 is 5.32 Å². The molecular weight excluding hydrogens is 186 g/mol. The van der Waals surface area contributed by atoms with Crippen LogP contribution in [-0.4, -0.2) is 36.7 Å². The van der Waals surface area contributed by atoms with Crippen molar-refractivity contribution in [1.29, 1.82) is 0 Å². The SMILES string of the molecule is CSC1(CNC(C)=O)CCOCC1. The molecule has 0 aliphatic carbocycles. The first-order valence-electron chi connectivity index (χ1n) is 4.56. The zero-order valence-corrected chi connectivity index (χ0v) is 9.08. The van der Waals surface area contributed by atoms with E-state index in [4.69, 9.17) is 4.74 Å². The number of hydrogen-bond acceptors (Lipinski definition) is 3. The van der Waals surface area contributed by atoms with Gasteiger partial charge >= 0.3 is 0 Å². The van der Waals surface area contributed by atoms with Crippen molar-refractivity contribution < 1.29 is 9.53 Å². The van der Waals surface area contributed by atoms with Crippen LogP contribution in [-0.2, 0) is 9.53 Å². The Kier molecular flexibility index (Phi) is 4.06. The zero-order valence-electron chi connectivity index (χ0n) is 8.26. The first-order chi connectivity index (χ1) is 6.18. The molecule has 0 bridgehead atoms. The van der Waals surface area contributed by atoms with Crippen LogP contribution in [0.15, 0.2) is 0 Å². The molecule has 1 aliphatic rings. The lowest BCUT2D eigenvalue weighted by Gasteiger charge is -2.35. The summed E-state index contributed by atoms with van der Waals surface area (Å²) in [4.78, 5) is 10.8. The third kappa shape index (κ3) is 3.19. The van der Waals surface area contributed by atoms with Crippen molar-refractivity contribution in [2.45, 2.75) is 24.5 Å². The standard InChI is InChI=1S/C9H17NO2S/c1-8(11)10-7-9(13-2)3-5-12-6-4-9/h3-7H2,1-2H3,(H,10,11). The summed E-state index contributed by atoms with van der Waals surface area (Å²) in [7, 11) is 0. The van der Waals surface area contributed by atoms with Gasteiger partial charge in [-0.05, 0) is 19.1 Å². The highest BCUT2D eigenvalue weighted by molar-refractivity contribution is 8.00. The summed E-state index contributed by atoms with van der Waals surface area (Å²) in [6.45, 7) is 3.97. The van der Waals surface area contributed by atoms with E-state index in [9.17, 15) is 4.79 Å². The predicted molar refractivity (Wildman–Crippen MR) is 55.0 cm³/mol. The second kappa shape index (κ2) is 4.86. The maximum atomic E-state index is 10.8.